The summed E-state index contributed by atoms with van der Waals surface area (Å²) in [5, 5.41) is 9.47. The van der Waals surface area contributed by atoms with Crippen LogP contribution in [0.2, 0.25) is 0 Å². The number of aliphatic hydroxyl groups excluding tert-OH is 1. The Morgan fingerprint density at radius 2 is 1.71 bits per heavy atom. The Bertz CT molecular complexity index is 582. The monoisotopic (exact) mass is 347 g/mol. The Kier molecular flexibility index (Phi) is 6.36. The number of rotatable bonds is 6. The van der Waals surface area contributed by atoms with Crippen molar-refractivity contribution in [3.05, 3.63) is 35.4 Å². The van der Waals surface area contributed by atoms with Crippen molar-refractivity contribution in [1.29, 1.82) is 0 Å². The summed E-state index contributed by atoms with van der Waals surface area (Å²) in [4.78, 5) is 25.1. The van der Waals surface area contributed by atoms with E-state index in [1.165, 1.54) is 12.0 Å². The first-order valence-electron chi connectivity index (χ1n) is 7.20. The second-order valence-electron chi connectivity index (χ2n) is 5.83. The van der Waals surface area contributed by atoms with E-state index in [-0.39, 0.29) is 25.1 Å². The highest BCUT2D eigenvalue weighted by atomic mass is 19.4. The lowest BCUT2D eigenvalue weighted by Gasteiger charge is -2.37. The van der Waals surface area contributed by atoms with Crippen molar-refractivity contribution in [2.75, 3.05) is 20.3 Å². The fourth-order valence-electron chi connectivity index (χ4n) is 2.03. The zero-order valence-corrected chi connectivity index (χ0v) is 13.7. The van der Waals surface area contributed by atoms with Crippen LogP contribution in [0.5, 0.6) is 0 Å². The minimum absolute atomic E-state index is 0.0277. The van der Waals surface area contributed by atoms with Gasteiger partial charge in [0.1, 0.15) is 0 Å². The summed E-state index contributed by atoms with van der Waals surface area (Å²) in [5.41, 5.74) is -1.82. The van der Waals surface area contributed by atoms with Crippen molar-refractivity contribution < 1.29 is 32.6 Å². The number of nitrogens with zero attached hydrogens (tertiary/aromatic N) is 1. The standard InChI is InChI=1S/C16H20F3NO4/c1-15(2,10-21)20(9-8-13(22)24-3)14(23)11-4-6-12(7-5-11)16(17,18)19/h4-7,21H,8-10H2,1-3H3. The lowest BCUT2D eigenvalue weighted by molar-refractivity contribution is -0.141. The molecule has 0 spiro atoms. The molecule has 0 aliphatic rings. The van der Waals surface area contributed by atoms with Crippen molar-refractivity contribution in [1.82, 2.24) is 4.90 Å². The fourth-order valence-corrected chi connectivity index (χ4v) is 2.03. The van der Waals surface area contributed by atoms with E-state index in [9.17, 15) is 27.9 Å². The number of hydrogen-bond acceptors (Lipinski definition) is 4. The van der Waals surface area contributed by atoms with Gasteiger partial charge in [0.25, 0.3) is 5.91 Å². The number of hydrogen-bond donors (Lipinski definition) is 1. The third-order valence-electron chi connectivity index (χ3n) is 3.59. The van der Waals surface area contributed by atoms with Crippen LogP contribution in [0.15, 0.2) is 24.3 Å². The zero-order valence-electron chi connectivity index (χ0n) is 13.7. The zero-order chi connectivity index (χ0) is 18.5. The van der Waals surface area contributed by atoms with Crippen molar-refractivity contribution in [2.24, 2.45) is 0 Å². The van der Waals surface area contributed by atoms with Crippen LogP contribution in [-0.4, -0.2) is 47.7 Å². The molecule has 1 amide bonds. The molecule has 0 saturated carbocycles. The first-order chi connectivity index (χ1) is 11.0. The summed E-state index contributed by atoms with van der Waals surface area (Å²) < 4.78 is 42.3. The van der Waals surface area contributed by atoms with Crippen LogP contribution < -0.4 is 0 Å². The molecule has 0 saturated heterocycles. The molecule has 0 heterocycles. The summed E-state index contributed by atoms with van der Waals surface area (Å²) in [6, 6.07) is 3.78. The van der Waals surface area contributed by atoms with E-state index in [2.05, 4.69) is 4.74 Å². The fraction of sp³-hybridized carbons (Fsp3) is 0.500. The van der Waals surface area contributed by atoms with E-state index in [0.717, 1.165) is 24.3 Å². The van der Waals surface area contributed by atoms with Gasteiger partial charge in [-0.3, -0.25) is 9.59 Å². The number of carbonyl (C=O) groups is 2. The second kappa shape index (κ2) is 7.65. The number of carbonyl (C=O) groups excluding carboxylic acids is 2. The van der Waals surface area contributed by atoms with Gasteiger partial charge in [-0.15, -0.1) is 0 Å². The van der Waals surface area contributed by atoms with Gasteiger partial charge in [0.15, 0.2) is 0 Å². The number of esters is 1. The molecule has 1 aromatic rings. The Morgan fingerprint density at radius 3 is 2.12 bits per heavy atom. The number of ether oxygens (including phenoxy) is 1. The van der Waals surface area contributed by atoms with Gasteiger partial charge < -0.3 is 14.7 Å². The predicted molar refractivity (Wildman–Crippen MR) is 80.3 cm³/mol. The van der Waals surface area contributed by atoms with Gasteiger partial charge in [-0.05, 0) is 38.1 Å². The van der Waals surface area contributed by atoms with Gasteiger partial charge in [-0.2, -0.15) is 13.2 Å². The number of benzene rings is 1. The number of methoxy groups -OCH3 is 1. The predicted octanol–water partition coefficient (Wildman–Crippen LogP) is 2.48. The Labute approximate surface area is 138 Å². The first kappa shape index (κ1) is 20.0. The van der Waals surface area contributed by atoms with Crippen LogP contribution in [0.1, 0.15) is 36.2 Å². The molecule has 1 aromatic carbocycles. The van der Waals surface area contributed by atoms with Crippen LogP contribution in [-0.2, 0) is 15.7 Å². The normalized spacial score (nSPS) is 12.0. The maximum absolute atomic E-state index is 12.6. The van der Waals surface area contributed by atoms with E-state index in [1.807, 2.05) is 0 Å². The van der Waals surface area contributed by atoms with E-state index in [4.69, 9.17) is 0 Å². The van der Waals surface area contributed by atoms with E-state index < -0.39 is 29.2 Å². The second-order valence-corrected chi connectivity index (χ2v) is 5.83. The lowest BCUT2D eigenvalue weighted by atomic mass is 10.0. The highest BCUT2D eigenvalue weighted by molar-refractivity contribution is 5.95. The summed E-state index contributed by atoms with van der Waals surface area (Å²) >= 11 is 0. The molecule has 5 nitrogen and oxygen atoms in total. The lowest BCUT2D eigenvalue weighted by Crippen LogP contribution is -2.51. The molecular weight excluding hydrogens is 327 g/mol. The van der Waals surface area contributed by atoms with Crippen LogP contribution >= 0.6 is 0 Å². The Hall–Kier alpha value is -2.09. The number of amides is 1. The van der Waals surface area contributed by atoms with Crippen molar-refractivity contribution >= 4 is 11.9 Å². The quantitative estimate of drug-likeness (QED) is 0.803. The van der Waals surface area contributed by atoms with Gasteiger partial charge in [-0.25, -0.2) is 0 Å². The average Bonchev–Trinajstić information content (AvgIpc) is 2.53. The molecule has 0 fully saturated rings. The molecule has 0 aliphatic heterocycles. The summed E-state index contributed by atoms with van der Waals surface area (Å²) in [5.74, 6) is -1.11. The number of aliphatic hydroxyl groups is 1. The molecule has 0 aromatic heterocycles. The average molecular weight is 347 g/mol. The van der Waals surface area contributed by atoms with Crippen LogP contribution in [0, 0.1) is 0 Å². The van der Waals surface area contributed by atoms with Crippen LogP contribution in [0.25, 0.3) is 0 Å². The van der Waals surface area contributed by atoms with Crippen molar-refractivity contribution in [2.45, 2.75) is 32.0 Å². The maximum atomic E-state index is 12.6. The van der Waals surface area contributed by atoms with E-state index in [1.54, 1.807) is 13.8 Å². The molecule has 134 valence electrons. The third-order valence-corrected chi connectivity index (χ3v) is 3.59. The third kappa shape index (κ3) is 4.95. The molecule has 0 bridgehead atoms. The van der Waals surface area contributed by atoms with Gasteiger partial charge in [0.05, 0.1) is 31.2 Å². The Balaban J connectivity index is 3.05. The molecule has 1 N–H and O–H groups in total. The maximum Gasteiger partial charge on any atom is 0.416 e. The molecule has 0 unspecified atom stereocenters. The molecule has 0 radical (unpaired) electrons. The molecular formula is C16H20F3NO4. The van der Waals surface area contributed by atoms with Gasteiger partial charge >= 0.3 is 12.1 Å². The summed E-state index contributed by atoms with van der Waals surface area (Å²) in [6.07, 6.45) is -4.58. The molecule has 8 heteroatoms. The van der Waals surface area contributed by atoms with Gasteiger partial charge in [0.2, 0.25) is 0 Å². The number of alkyl halides is 3. The summed E-state index contributed by atoms with van der Waals surface area (Å²) in [7, 11) is 1.21. The molecule has 0 aliphatic carbocycles. The van der Waals surface area contributed by atoms with Crippen molar-refractivity contribution in [3.63, 3.8) is 0 Å². The summed E-state index contributed by atoms with van der Waals surface area (Å²) in [6.45, 7) is 2.78. The molecule has 1 rings (SSSR count). The topological polar surface area (TPSA) is 66.8 Å². The Morgan fingerprint density at radius 1 is 1.17 bits per heavy atom. The SMILES string of the molecule is COC(=O)CCN(C(=O)c1ccc(C(F)(F)F)cc1)C(C)(C)CO. The van der Waals surface area contributed by atoms with E-state index in [0.29, 0.717) is 0 Å². The highest BCUT2D eigenvalue weighted by Crippen LogP contribution is 2.29. The minimum Gasteiger partial charge on any atom is -0.469 e. The smallest absolute Gasteiger partial charge is 0.416 e. The largest absolute Gasteiger partial charge is 0.469 e. The van der Waals surface area contributed by atoms with Crippen LogP contribution in [0.4, 0.5) is 13.2 Å². The molecule has 0 atom stereocenters. The highest BCUT2D eigenvalue weighted by Gasteiger charge is 2.33. The first-order valence-corrected chi connectivity index (χ1v) is 7.20. The van der Waals surface area contributed by atoms with E-state index >= 15 is 0 Å². The number of halogens is 3. The molecule has 24 heavy (non-hydrogen) atoms. The van der Waals surface area contributed by atoms with Gasteiger partial charge in [-0.1, -0.05) is 0 Å². The minimum atomic E-state index is -4.49. The van der Waals surface area contributed by atoms with Crippen molar-refractivity contribution in [3.8, 4) is 0 Å². The van der Waals surface area contributed by atoms with Gasteiger partial charge in [0, 0.05) is 12.1 Å². The van der Waals surface area contributed by atoms with Crippen LogP contribution in [0.3, 0.4) is 0 Å².